The number of carboxylic acid groups (broad SMARTS) is 1. The summed E-state index contributed by atoms with van der Waals surface area (Å²) in [6.07, 6.45) is 2.90. The molecule has 6 nitrogen and oxygen atoms in total. The van der Waals surface area contributed by atoms with E-state index in [2.05, 4.69) is 27.7 Å². The minimum atomic E-state index is -1.78. The second-order valence-corrected chi connectivity index (χ2v) is 10.1. The Hall–Kier alpha value is -0.850. The number of carbonyl (C=O) groups is 1. The Morgan fingerprint density at radius 3 is 2.33 bits per heavy atom. The lowest BCUT2D eigenvalue weighted by molar-refractivity contribution is -0.333. The van der Waals surface area contributed by atoms with Crippen LogP contribution in [0, 0.1) is 34.5 Å². The highest BCUT2D eigenvalue weighted by atomic mass is 16.6. The maximum Gasteiger partial charge on any atom is 0.431 e. The van der Waals surface area contributed by atoms with Gasteiger partial charge in [0.1, 0.15) is 0 Å². The molecule has 2 rings (SSSR count). The average molecular weight is 386 g/mol. The molecule has 0 bridgehead atoms. The van der Waals surface area contributed by atoms with Crippen LogP contribution in [0.5, 0.6) is 0 Å². The highest BCUT2D eigenvalue weighted by Crippen LogP contribution is 2.65. The van der Waals surface area contributed by atoms with Crippen LogP contribution < -0.4 is 0 Å². The van der Waals surface area contributed by atoms with E-state index in [4.69, 9.17) is 0 Å². The van der Waals surface area contributed by atoms with Gasteiger partial charge in [0.05, 0.1) is 6.04 Å². The molecular formula is C21H39NO5. The van der Waals surface area contributed by atoms with E-state index in [9.17, 15) is 25.3 Å². The number of amides is 1. The van der Waals surface area contributed by atoms with Crippen molar-refractivity contribution in [1.29, 1.82) is 0 Å². The highest BCUT2D eigenvalue weighted by Gasteiger charge is 2.66. The van der Waals surface area contributed by atoms with Gasteiger partial charge in [-0.15, -0.1) is 0 Å². The van der Waals surface area contributed by atoms with Crippen molar-refractivity contribution in [2.75, 3.05) is 0 Å². The normalized spacial score (nSPS) is 38.7. The van der Waals surface area contributed by atoms with Crippen molar-refractivity contribution in [3.63, 3.8) is 0 Å². The van der Waals surface area contributed by atoms with Crippen LogP contribution in [-0.2, 0) is 0 Å². The number of rotatable bonds is 5. The third-order valence-corrected chi connectivity index (χ3v) is 8.31. The van der Waals surface area contributed by atoms with Crippen LogP contribution >= 0.6 is 0 Å². The maximum atomic E-state index is 11.5. The molecule has 2 aliphatic carbocycles. The van der Waals surface area contributed by atoms with Crippen LogP contribution in [0.1, 0.15) is 80.1 Å². The number of fused-ring (bicyclic) bond motifs is 1. The van der Waals surface area contributed by atoms with Crippen molar-refractivity contribution < 1.29 is 25.3 Å². The predicted octanol–water partition coefficient (Wildman–Crippen LogP) is 4.33. The van der Waals surface area contributed by atoms with E-state index in [1.54, 1.807) is 0 Å². The van der Waals surface area contributed by atoms with E-state index in [1.165, 1.54) is 0 Å². The fraction of sp³-hybridized carbons (Fsp3) is 0.952. The van der Waals surface area contributed by atoms with Crippen molar-refractivity contribution in [2.45, 2.75) is 91.9 Å². The predicted molar refractivity (Wildman–Crippen MR) is 103 cm³/mol. The Balaban J connectivity index is 2.49. The summed E-state index contributed by atoms with van der Waals surface area (Å²) in [6.45, 7) is 12.5. The molecule has 0 spiro atoms. The molecule has 0 aromatic rings. The molecular weight excluding hydrogens is 346 g/mol. The fourth-order valence-electron chi connectivity index (χ4n) is 6.12. The van der Waals surface area contributed by atoms with E-state index in [0.29, 0.717) is 30.2 Å². The average Bonchev–Trinajstić information content (AvgIpc) is 2.57. The molecule has 1 unspecified atom stereocenters. The molecule has 0 radical (unpaired) electrons. The summed E-state index contributed by atoms with van der Waals surface area (Å²) in [5, 5.41) is 42.2. The zero-order chi connectivity index (χ0) is 20.8. The Morgan fingerprint density at radius 2 is 1.81 bits per heavy atom. The molecule has 2 saturated carbocycles. The summed E-state index contributed by atoms with van der Waals surface area (Å²) in [5.41, 5.74) is -0.895. The van der Waals surface area contributed by atoms with Gasteiger partial charge in [0.15, 0.2) is 5.79 Å². The quantitative estimate of drug-likeness (QED) is 0.320. The second-order valence-electron chi connectivity index (χ2n) is 10.1. The molecule has 0 heterocycles. The summed E-state index contributed by atoms with van der Waals surface area (Å²) >= 11 is 0. The van der Waals surface area contributed by atoms with Gasteiger partial charge in [0.2, 0.25) is 0 Å². The lowest BCUT2D eigenvalue weighted by Gasteiger charge is -2.65. The number of aliphatic hydroxyl groups is 2. The van der Waals surface area contributed by atoms with Gasteiger partial charge in [-0.05, 0) is 48.3 Å². The fourth-order valence-corrected chi connectivity index (χ4v) is 6.12. The van der Waals surface area contributed by atoms with Gasteiger partial charge in [0.25, 0.3) is 0 Å². The Kier molecular flexibility index (Phi) is 6.25. The van der Waals surface area contributed by atoms with Crippen molar-refractivity contribution in [3.8, 4) is 0 Å². The van der Waals surface area contributed by atoms with E-state index in [0.717, 1.165) is 19.3 Å². The van der Waals surface area contributed by atoms with Crippen LogP contribution in [0.25, 0.3) is 0 Å². The van der Waals surface area contributed by atoms with Gasteiger partial charge in [-0.2, -0.15) is 5.06 Å². The summed E-state index contributed by atoms with van der Waals surface area (Å²) in [7, 11) is 0. The third-order valence-electron chi connectivity index (χ3n) is 8.31. The number of hydroxylamine groups is 2. The van der Waals surface area contributed by atoms with Crippen LogP contribution in [0.15, 0.2) is 0 Å². The topological polar surface area (TPSA) is 101 Å². The third kappa shape index (κ3) is 3.73. The molecule has 4 N–H and O–H groups in total. The molecule has 0 aromatic heterocycles. The summed E-state index contributed by atoms with van der Waals surface area (Å²) in [5.74, 6) is -1.60. The molecule has 158 valence electrons. The Labute approximate surface area is 163 Å². The van der Waals surface area contributed by atoms with Crippen LogP contribution in [0.2, 0.25) is 0 Å². The first kappa shape index (κ1) is 22.4. The van der Waals surface area contributed by atoms with E-state index < -0.39 is 23.3 Å². The van der Waals surface area contributed by atoms with Crippen LogP contribution in [0.3, 0.4) is 0 Å². The van der Waals surface area contributed by atoms with Crippen molar-refractivity contribution >= 4 is 6.09 Å². The van der Waals surface area contributed by atoms with Gasteiger partial charge >= 0.3 is 6.09 Å². The SMILES string of the molecule is CC[C@@H](C)CC[C@H]1[C@@H](C)C(N(O)C(=O)O)C[C@H]2C(C)(C)CCC(O)(O)[C@]12C. The zero-order valence-electron chi connectivity index (χ0n) is 17.8. The summed E-state index contributed by atoms with van der Waals surface area (Å²) in [6, 6.07) is -0.532. The van der Waals surface area contributed by atoms with Gasteiger partial charge in [0, 0.05) is 11.8 Å². The molecule has 1 amide bonds. The standard InChI is InChI=1S/C21H39NO5/c1-7-13(2)8-9-15-14(3)16(22(27)18(23)24)12-17-19(4,5)10-11-21(25,26)20(15,17)6/h13-17,25-27H,7-12H2,1-6H3,(H,23,24)/t13-,14-,15+,16?,17+,20-/m1/s1. The second kappa shape index (κ2) is 7.53. The largest absolute Gasteiger partial charge is 0.463 e. The number of hydrogen-bond donors (Lipinski definition) is 4. The van der Waals surface area contributed by atoms with Gasteiger partial charge in [-0.3, -0.25) is 5.21 Å². The van der Waals surface area contributed by atoms with Crippen molar-refractivity contribution in [3.05, 3.63) is 0 Å². The molecule has 27 heavy (non-hydrogen) atoms. The Bertz CT molecular complexity index is 549. The first-order valence-electron chi connectivity index (χ1n) is 10.4. The van der Waals surface area contributed by atoms with E-state index in [-0.39, 0.29) is 23.2 Å². The van der Waals surface area contributed by atoms with Crippen LogP contribution in [0.4, 0.5) is 4.79 Å². The smallest absolute Gasteiger partial charge is 0.431 e. The van der Waals surface area contributed by atoms with Gasteiger partial charge in [-0.25, -0.2) is 4.79 Å². The molecule has 6 atom stereocenters. The molecule has 0 aliphatic heterocycles. The molecule has 0 saturated heterocycles. The first-order valence-corrected chi connectivity index (χ1v) is 10.4. The minimum Gasteiger partial charge on any atom is -0.463 e. The monoisotopic (exact) mass is 385 g/mol. The zero-order valence-corrected chi connectivity index (χ0v) is 17.8. The van der Waals surface area contributed by atoms with Gasteiger partial charge in [-0.1, -0.05) is 54.4 Å². The molecule has 0 aromatic carbocycles. The van der Waals surface area contributed by atoms with Gasteiger partial charge < -0.3 is 15.3 Å². The van der Waals surface area contributed by atoms with Crippen molar-refractivity contribution in [2.24, 2.45) is 34.5 Å². The summed E-state index contributed by atoms with van der Waals surface area (Å²) in [4.78, 5) is 11.5. The maximum absolute atomic E-state index is 11.5. The lowest BCUT2D eigenvalue weighted by Crippen LogP contribution is -2.68. The summed E-state index contributed by atoms with van der Waals surface area (Å²) < 4.78 is 0. The molecule has 2 aliphatic rings. The number of hydrogen-bond acceptors (Lipinski definition) is 4. The minimum absolute atomic E-state index is 0.0844. The number of nitrogens with zero attached hydrogens (tertiary/aromatic N) is 1. The highest BCUT2D eigenvalue weighted by molar-refractivity contribution is 5.63. The first-order chi connectivity index (χ1) is 12.3. The molecule has 6 heteroatoms. The van der Waals surface area contributed by atoms with Crippen LogP contribution in [-0.4, -0.2) is 43.5 Å². The Morgan fingerprint density at radius 1 is 1.22 bits per heavy atom. The van der Waals surface area contributed by atoms with Crippen molar-refractivity contribution in [1.82, 2.24) is 5.06 Å². The molecule has 2 fully saturated rings. The van der Waals surface area contributed by atoms with E-state index >= 15 is 0 Å². The lowest BCUT2D eigenvalue weighted by atomic mass is 9.43. The van der Waals surface area contributed by atoms with E-state index in [1.807, 2.05) is 13.8 Å².